The van der Waals surface area contributed by atoms with Crippen LogP contribution in [0.3, 0.4) is 0 Å². The van der Waals surface area contributed by atoms with Gasteiger partial charge in [-0.25, -0.2) is 0 Å². The van der Waals surface area contributed by atoms with Crippen LogP contribution in [0.15, 0.2) is 18.3 Å². The fourth-order valence-corrected chi connectivity index (χ4v) is 3.04. The summed E-state index contributed by atoms with van der Waals surface area (Å²) >= 11 is 0. The Balaban J connectivity index is 1.81. The molecule has 2 aliphatic rings. The molecule has 1 unspecified atom stereocenters. The highest BCUT2D eigenvalue weighted by Gasteiger charge is 2.51. The Hall–Kier alpha value is -0.905. The lowest BCUT2D eigenvalue weighted by Gasteiger charge is -2.32. The molecule has 22 heavy (non-hydrogen) atoms. The summed E-state index contributed by atoms with van der Waals surface area (Å²) in [5, 5.41) is 0. The Bertz CT molecular complexity index is 555. The van der Waals surface area contributed by atoms with Crippen molar-refractivity contribution in [1.29, 1.82) is 0 Å². The zero-order chi connectivity index (χ0) is 16.2. The van der Waals surface area contributed by atoms with E-state index < -0.39 is 0 Å². The van der Waals surface area contributed by atoms with Gasteiger partial charge in [-0.1, -0.05) is 0 Å². The molecule has 4 nitrogen and oxygen atoms in total. The number of aromatic nitrogens is 1. The molecule has 5 heteroatoms. The Morgan fingerprint density at radius 2 is 1.73 bits per heavy atom. The Kier molecular flexibility index (Phi) is 3.67. The third-order valence-electron chi connectivity index (χ3n) is 5.16. The van der Waals surface area contributed by atoms with Crippen LogP contribution in [0, 0.1) is 0 Å². The van der Waals surface area contributed by atoms with E-state index in [0.29, 0.717) is 5.92 Å². The molecule has 2 aliphatic heterocycles. The van der Waals surface area contributed by atoms with Crippen molar-refractivity contribution < 1.29 is 14.0 Å². The van der Waals surface area contributed by atoms with Crippen LogP contribution >= 0.6 is 0 Å². The van der Waals surface area contributed by atoms with Crippen LogP contribution in [0.5, 0.6) is 0 Å². The van der Waals surface area contributed by atoms with Gasteiger partial charge in [-0.05, 0) is 65.6 Å². The van der Waals surface area contributed by atoms with Crippen molar-refractivity contribution in [3.05, 3.63) is 24.0 Å². The van der Waals surface area contributed by atoms with Crippen molar-refractivity contribution >= 4 is 12.6 Å². The van der Waals surface area contributed by atoms with Gasteiger partial charge in [-0.3, -0.25) is 4.98 Å². The molecule has 0 aromatic carbocycles. The molecule has 2 saturated heterocycles. The van der Waals surface area contributed by atoms with E-state index in [4.69, 9.17) is 14.0 Å². The summed E-state index contributed by atoms with van der Waals surface area (Å²) in [7, 11) is -0.331. The third kappa shape index (κ3) is 2.82. The number of nitrogens with zero attached hydrogens (tertiary/aromatic N) is 1. The van der Waals surface area contributed by atoms with Gasteiger partial charge in [-0.2, -0.15) is 0 Å². The SMILES string of the molecule is CC1(C)CC(c2cc(B3OC(C)(C)C(C)(C)O3)ccn2)CO1. The Morgan fingerprint density at radius 1 is 1.09 bits per heavy atom. The smallest absolute Gasteiger partial charge is 0.399 e. The number of hydrogen-bond acceptors (Lipinski definition) is 4. The van der Waals surface area contributed by atoms with Gasteiger partial charge in [0.1, 0.15) is 0 Å². The normalized spacial score (nSPS) is 29.0. The zero-order valence-corrected chi connectivity index (χ0v) is 14.5. The second kappa shape index (κ2) is 5.05. The summed E-state index contributed by atoms with van der Waals surface area (Å²) in [6.45, 7) is 13.3. The Labute approximate surface area is 133 Å². The van der Waals surface area contributed by atoms with Gasteiger partial charge in [-0.15, -0.1) is 0 Å². The predicted molar refractivity (Wildman–Crippen MR) is 87.3 cm³/mol. The molecule has 1 aromatic rings. The van der Waals surface area contributed by atoms with Gasteiger partial charge in [0.15, 0.2) is 0 Å². The van der Waals surface area contributed by atoms with Crippen LogP contribution in [-0.4, -0.2) is 35.5 Å². The maximum atomic E-state index is 6.13. The molecule has 0 radical (unpaired) electrons. The first-order chi connectivity index (χ1) is 10.1. The minimum Gasteiger partial charge on any atom is -0.399 e. The Morgan fingerprint density at radius 3 is 2.27 bits per heavy atom. The maximum absolute atomic E-state index is 6.13. The summed E-state index contributed by atoms with van der Waals surface area (Å²) in [4.78, 5) is 4.54. The van der Waals surface area contributed by atoms with Crippen molar-refractivity contribution in [1.82, 2.24) is 4.98 Å². The monoisotopic (exact) mass is 303 g/mol. The molecule has 120 valence electrons. The minimum atomic E-state index is -0.331. The van der Waals surface area contributed by atoms with Gasteiger partial charge >= 0.3 is 7.12 Å². The molecule has 1 atom stereocenters. The fraction of sp³-hybridized carbons (Fsp3) is 0.706. The first kappa shape index (κ1) is 16.0. The van der Waals surface area contributed by atoms with E-state index in [2.05, 4.69) is 52.6 Å². The quantitative estimate of drug-likeness (QED) is 0.788. The molecular formula is C17H26BNO3. The van der Waals surface area contributed by atoms with Crippen molar-refractivity contribution in [2.75, 3.05) is 6.61 Å². The second-order valence-electron chi connectivity index (χ2n) is 8.07. The van der Waals surface area contributed by atoms with Crippen molar-refractivity contribution in [3.8, 4) is 0 Å². The van der Waals surface area contributed by atoms with E-state index in [1.165, 1.54) is 0 Å². The van der Waals surface area contributed by atoms with E-state index in [9.17, 15) is 0 Å². The largest absolute Gasteiger partial charge is 0.494 e. The van der Waals surface area contributed by atoms with E-state index in [1.807, 2.05) is 12.3 Å². The molecule has 3 rings (SSSR count). The molecule has 0 N–H and O–H groups in total. The van der Waals surface area contributed by atoms with Gasteiger partial charge in [0, 0.05) is 17.8 Å². The summed E-state index contributed by atoms with van der Waals surface area (Å²) in [6.07, 6.45) is 2.84. The lowest BCUT2D eigenvalue weighted by atomic mass is 9.78. The summed E-state index contributed by atoms with van der Waals surface area (Å²) in [5.74, 6) is 0.345. The molecule has 0 amide bonds. The van der Waals surface area contributed by atoms with Crippen LogP contribution in [-0.2, 0) is 14.0 Å². The molecule has 2 fully saturated rings. The van der Waals surface area contributed by atoms with Gasteiger partial charge < -0.3 is 14.0 Å². The van der Waals surface area contributed by atoms with E-state index >= 15 is 0 Å². The minimum absolute atomic E-state index is 0.0628. The number of hydrogen-bond donors (Lipinski definition) is 0. The number of pyridine rings is 1. The zero-order valence-electron chi connectivity index (χ0n) is 14.5. The molecule has 1 aromatic heterocycles. The first-order valence-corrected chi connectivity index (χ1v) is 8.05. The van der Waals surface area contributed by atoms with E-state index in [0.717, 1.165) is 24.2 Å². The lowest BCUT2D eigenvalue weighted by molar-refractivity contribution is 0.00578. The van der Waals surface area contributed by atoms with Crippen molar-refractivity contribution in [2.45, 2.75) is 70.7 Å². The fourth-order valence-electron chi connectivity index (χ4n) is 3.04. The van der Waals surface area contributed by atoms with E-state index in [-0.39, 0.29) is 23.9 Å². The number of ether oxygens (including phenoxy) is 1. The molecule has 0 spiro atoms. The van der Waals surface area contributed by atoms with Gasteiger partial charge in [0.25, 0.3) is 0 Å². The van der Waals surface area contributed by atoms with Crippen LogP contribution in [0.25, 0.3) is 0 Å². The molecule has 0 aliphatic carbocycles. The average Bonchev–Trinajstić information content (AvgIpc) is 2.87. The van der Waals surface area contributed by atoms with Crippen LogP contribution in [0.1, 0.15) is 59.6 Å². The predicted octanol–water partition coefficient (Wildman–Crippen LogP) is 2.66. The van der Waals surface area contributed by atoms with Gasteiger partial charge in [0.05, 0.1) is 23.4 Å². The van der Waals surface area contributed by atoms with Crippen LogP contribution in [0.2, 0.25) is 0 Å². The van der Waals surface area contributed by atoms with Crippen LogP contribution in [0.4, 0.5) is 0 Å². The second-order valence-corrected chi connectivity index (χ2v) is 8.07. The topological polar surface area (TPSA) is 40.6 Å². The highest BCUT2D eigenvalue weighted by Crippen LogP contribution is 2.37. The average molecular weight is 303 g/mol. The van der Waals surface area contributed by atoms with Crippen molar-refractivity contribution in [2.24, 2.45) is 0 Å². The first-order valence-electron chi connectivity index (χ1n) is 8.05. The lowest BCUT2D eigenvalue weighted by Crippen LogP contribution is -2.41. The molecule has 3 heterocycles. The molecule has 0 bridgehead atoms. The van der Waals surface area contributed by atoms with Gasteiger partial charge in [0.2, 0.25) is 0 Å². The summed E-state index contributed by atoms with van der Waals surface area (Å²) in [5.41, 5.74) is 1.40. The number of rotatable bonds is 2. The highest BCUT2D eigenvalue weighted by atomic mass is 16.7. The van der Waals surface area contributed by atoms with Crippen LogP contribution < -0.4 is 5.46 Å². The molecule has 0 saturated carbocycles. The third-order valence-corrected chi connectivity index (χ3v) is 5.16. The summed E-state index contributed by atoms with van der Waals surface area (Å²) < 4.78 is 18.1. The molecular weight excluding hydrogens is 277 g/mol. The standard InChI is InChI=1S/C17H26BNO3/c1-15(2)10-12(11-20-15)14-9-13(7-8-19-14)18-21-16(3,4)17(5,6)22-18/h7-9,12H,10-11H2,1-6H3. The summed E-state index contributed by atoms with van der Waals surface area (Å²) in [6, 6.07) is 4.09. The van der Waals surface area contributed by atoms with E-state index in [1.54, 1.807) is 0 Å². The van der Waals surface area contributed by atoms with Crippen molar-refractivity contribution in [3.63, 3.8) is 0 Å². The highest BCUT2D eigenvalue weighted by molar-refractivity contribution is 6.62. The maximum Gasteiger partial charge on any atom is 0.494 e.